The van der Waals surface area contributed by atoms with E-state index in [2.05, 4.69) is 13.5 Å². The Balaban J connectivity index is 1.91. The predicted molar refractivity (Wildman–Crippen MR) is 98.6 cm³/mol. The molecule has 3 aliphatic rings. The molecular formula is C21H26O6. The Morgan fingerprint density at radius 3 is 2.67 bits per heavy atom. The van der Waals surface area contributed by atoms with E-state index in [0.29, 0.717) is 23.7 Å². The Labute approximate surface area is 159 Å². The highest BCUT2D eigenvalue weighted by Gasteiger charge is 2.71. The summed E-state index contributed by atoms with van der Waals surface area (Å²) < 4.78 is 22.4. The van der Waals surface area contributed by atoms with Crippen LogP contribution in [0.2, 0.25) is 0 Å². The van der Waals surface area contributed by atoms with Crippen molar-refractivity contribution in [1.82, 2.24) is 0 Å². The fourth-order valence-corrected chi connectivity index (χ4v) is 5.42. The van der Waals surface area contributed by atoms with Crippen LogP contribution in [0.15, 0.2) is 42.7 Å². The first-order valence-corrected chi connectivity index (χ1v) is 9.14. The Bertz CT molecular complexity index is 789. The number of ether oxygens (including phenoxy) is 4. The monoisotopic (exact) mass is 374 g/mol. The average molecular weight is 374 g/mol. The lowest BCUT2D eigenvalue weighted by Gasteiger charge is -2.46. The molecule has 6 atom stereocenters. The van der Waals surface area contributed by atoms with Crippen LogP contribution in [0.3, 0.4) is 0 Å². The van der Waals surface area contributed by atoms with Gasteiger partial charge in [0.05, 0.1) is 13.2 Å². The normalized spacial score (nSPS) is 39.2. The summed E-state index contributed by atoms with van der Waals surface area (Å²) in [4.78, 5) is 0. The Hall–Kier alpha value is -2.02. The molecule has 6 heteroatoms. The van der Waals surface area contributed by atoms with E-state index in [9.17, 15) is 10.2 Å². The molecule has 1 fully saturated rings. The summed E-state index contributed by atoms with van der Waals surface area (Å²) in [5.41, 5.74) is -0.969. The second-order valence-corrected chi connectivity index (χ2v) is 7.60. The zero-order chi connectivity index (χ0) is 19.4. The van der Waals surface area contributed by atoms with Crippen molar-refractivity contribution < 1.29 is 29.2 Å². The van der Waals surface area contributed by atoms with E-state index in [4.69, 9.17) is 18.9 Å². The molecule has 0 saturated heterocycles. The number of aliphatic hydroxyl groups excluding tert-OH is 2. The van der Waals surface area contributed by atoms with Crippen LogP contribution in [-0.4, -0.2) is 49.0 Å². The largest absolute Gasteiger partial charge is 0.499 e. The number of benzene rings is 1. The summed E-state index contributed by atoms with van der Waals surface area (Å²) in [7, 11) is 3.05. The van der Waals surface area contributed by atoms with Gasteiger partial charge in [0.2, 0.25) is 6.79 Å². The minimum atomic E-state index is -1.24. The van der Waals surface area contributed by atoms with Crippen LogP contribution in [-0.2, 0) is 9.47 Å². The topological polar surface area (TPSA) is 77.4 Å². The lowest BCUT2D eigenvalue weighted by atomic mass is 9.69. The standard InChI is InChI=1S/C21H26O6/c1-5-8-20-10-16(24-3)18(22)21(25-4,19(20)23)17(12(20)2)13-6-7-14-15(9-13)27-11-26-14/h5-7,9-10,12,17-19,22-23H,1,8,11H2,2-4H3/t12-,17+,18-,19?,20-,21+/m0/s1. The predicted octanol–water partition coefficient (Wildman–Crippen LogP) is 2.36. The van der Waals surface area contributed by atoms with Crippen LogP contribution < -0.4 is 9.47 Å². The van der Waals surface area contributed by atoms with Gasteiger partial charge in [-0.15, -0.1) is 6.58 Å². The lowest BCUT2D eigenvalue weighted by molar-refractivity contribution is -0.179. The molecule has 2 aliphatic carbocycles. The van der Waals surface area contributed by atoms with Crippen LogP contribution in [0.25, 0.3) is 0 Å². The van der Waals surface area contributed by atoms with Crippen molar-refractivity contribution in [2.75, 3.05) is 21.0 Å². The highest BCUT2D eigenvalue weighted by Crippen LogP contribution is 2.65. The molecule has 2 N–H and O–H groups in total. The molecule has 1 unspecified atom stereocenters. The fraction of sp³-hybridized carbons (Fsp3) is 0.524. The molecule has 1 aromatic rings. The Kier molecular flexibility index (Phi) is 4.25. The van der Waals surface area contributed by atoms with Crippen LogP contribution in [0.5, 0.6) is 11.5 Å². The fourth-order valence-electron chi connectivity index (χ4n) is 5.42. The molecule has 0 aromatic heterocycles. The summed E-state index contributed by atoms with van der Waals surface area (Å²) in [6.07, 6.45) is 2.18. The average Bonchev–Trinajstić information content (AvgIpc) is 3.18. The first kappa shape index (κ1) is 18.3. The highest BCUT2D eigenvalue weighted by molar-refractivity contribution is 5.49. The van der Waals surface area contributed by atoms with Crippen molar-refractivity contribution in [3.8, 4) is 11.5 Å². The molecule has 27 heavy (non-hydrogen) atoms. The maximum absolute atomic E-state index is 11.4. The van der Waals surface area contributed by atoms with Crippen molar-refractivity contribution in [2.24, 2.45) is 11.3 Å². The molecule has 1 saturated carbocycles. The molecule has 6 nitrogen and oxygen atoms in total. The van der Waals surface area contributed by atoms with Gasteiger partial charge in [0.25, 0.3) is 0 Å². The van der Waals surface area contributed by atoms with Gasteiger partial charge in [-0.3, -0.25) is 0 Å². The number of allylic oxidation sites excluding steroid dienone is 1. The van der Waals surface area contributed by atoms with Crippen LogP contribution in [0, 0.1) is 11.3 Å². The minimum absolute atomic E-state index is 0.0480. The molecule has 1 aromatic carbocycles. The van der Waals surface area contributed by atoms with Gasteiger partial charge in [0.15, 0.2) is 11.5 Å². The Morgan fingerprint density at radius 1 is 1.26 bits per heavy atom. The SMILES string of the molecule is C=CC[C@@]12C=C(OC)[C@H](O)[C@@](OC)(C1O)[C@@H](c1ccc3c(c1)OCO3)[C@@H]2C. The molecule has 4 rings (SSSR count). The molecule has 2 bridgehead atoms. The van der Waals surface area contributed by atoms with Gasteiger partial charge in [-0.05, 0) is 36.1 Å². The van der Waals surface area contributed by atoms with E-state index in [1.807, 2.05) is 24.3 Å². The molecule has 1 heterocycles. The van der Waals surface area contributed by atoms with Gasteiger partial charge < -0.3 is 29.2 Å². The third-order valence-corrected chi connectivity index (χ3v) is 6.72. The summed E-state index contributed by atoms with van der Waals surface area (Å²) in [5.74, 6) is 1.43. The summed E-state index contributed by atoms with van der Waals surface area (Å²) in [5, 5.41) is 22.6. The van der Waals surface area contributed by atoms with Gasteiger partial charge in [0, 0.05) is 18.4 Å². The smallest absolute Gasteiger partial charge is 0.231 e. The first-order chi connectivity index (χ1) is 13.0. The maximum atomic E-state index is 11.4. The summed E-state index contributed by atoms with van der Waals surface area (Å²) in [6, 6.07) is 5.72. The molecule has 0 spiro atoms. The second kappa shape index (κ2) is 6.26. The lowest BCUT2D eigenvalue weighted by Crippen LogP contribution is -2.59. The number of hydrogen-bond donors (Lipinski definition) is 2. The molecule has 146 valence electrons. The van der Waals surface area contributed by atoms with E-state index in [1.165, 1.54) is 14.2 Å². The van der Waals surface area contributed by atoms with Crippen molar-refractivity contribution >= 4 is 0 Å². The minimum Gasteiger partial charge on any atom is -0.499 e. The third-order valence-electron chi connectivity index (χ3n) is 6.72. The maximum Gasteiger partial charge on any atom is 0.231 e. The second-order valence-electron chi connectivity index (χ2n) is 7.60. The third kappa shape index (κ3) is 2.18. The summed E-state index contributed by atoms with van der Waals surface area (Å²) in [6.45, 7) is 6.14. The van der Waals surface area contributed by atoms with E-state index < -0.39 is 23.2 Å². The number of fused-ring (bicyclic) bond motifs is 3. The quantitative estimate of drug-likeness (QED) is 0.771. The van der Waals surface area contributed by atoms with E-state index in [0.717, 1.165) is 5.56 Å². The summed E-state index contributed by atoms with van der Waals surface area (Å²) >= 11 is 0. The Morgan fingerprint density at radius 2 is 2.00 bits per heavy atom. The van der Waals surface area contributed by atoms with Crippen molar-refractivity contribution in [2.45, 2.75) is 37.1 Å². The van der Waals surface area contributed by atoms with Crippen molar-refractivity contribution in [3.05, 3.63) is 48.3 Å². The van der Waals surface area contributed by atoms with Gasteiger partial charge in [0.1, 0.15) is 17.5 Å². The highest BCUT2D eigenvalue weighted by atomic mass is 16.7. The van der Waals surface area contributed by atoms with Gasteiger partial charge >= 0.3 is 0 Å². The number of methoxy groups -OCH3 is 2. The van der Waals surface area contributed by atoms with Crippen LogP contribution in [0.4, 0.5) is 0 Å². The number of aliphatic hydroxyl groups is 2. The number of rotatable bonds is 5. The van der Waals surface area contributed by atoms with E-state index in [-0.39, 0.29) is 18.6 Å². The van der Waals surface area contributed by atoms with Gasteiger partial charge in [-0.1, -0.05) is 19.1 Å². The molecule has 0 amide bonds. The van der Waals surface area contributed by atoms with E-state index >= 15 is 0 Å². The zero-order valence-corrected chi connectivity index (χ0v) is 15.8. The van der Waals surface area contributed by atoms with Crippen molar-refractivity contribution in [1.29, 1.82) is 0 Å². The van der Waals surface area contributed by atoms with Crippen molar-refractivity contribution in [3.63, 3.8) is 0 Å². The van der Waals surface area contributed by atoms with Crippen LogP contribution in [0.1, 0.15) is 24.8 Å². The van der Waals surface area contributed by atoms with Crippen LogP contribution >= 0.6 is 0 Å². The molecule has 0 radical (unpaired) electrons. The first-order valence-electron chi connectivity index (χ1n) is 9.14. The zero-order valence-electron chi connectivity index (χ0n) is 15.8. The number of hydrogen-bond acceptors (Lipinski definition) is 6. The molecule has 1 aliphatic heterocycles. The van der Waals surface area contributed by atoms with Gasteiger partial charge in [-0.25, -0.2) is 0 Å². The molecular weight excluding hydrogens is 348 g/mol. The van der Waals surface area contributed by atoms with E-state index in [1.54, 1.807) is 6.08 Å². The van der Waals surface area contributed by atoms with Gasteiger partial charge in [-0.2, -0.15) is 0 Å².